The number of carbonyl (C=O) groups excluding carboxylic acids is 2. The van der Waals surface area contributed by atoms with Gasteiger partial charge in [-0.1, -0.05) is 19.1 Å². The van der Waals surface area contributed by atoms with E-state index in [-0.39, 0.29) is 23.8 Å². The molecule has 0 saturated heterocycles. The van der Waals surface area contributed by atoms with Crippen molar-refractivity contribution in [2.24, 2.45) is 11.7 Å². The minimum absolute atomic E-state index is 0.0704. The molecule has 2 aromatic rings. The molecule has 0 radical (unpaired) electrons. The second-order valence-corrected chi connectivity index (χ2v) is 5.76. The van der Waals surface area contributed by atoms with Crippen LogP contribution in [0.1, 0.15) is 29.8 Å². The fourth-order valence-corrected chi connectivity index (χ4v) is 2.00. The quantitative estimate of drug-likeness (QED) is 0.755. The van der Waals surface area contributed by atoms with Crippen LogP contribution >= 0.6 is 0 Å². The molecular weight excluding hydrogens is 304 g/mol. The fraction of sp³-hybridized carbons (Fsp3) is 0.278. The van der Waals surface area contributed by atoms with E-state index < -0.39 is 0 Å². The van der Waals surface area contributed by atoms with Crippen molar-refractivity contribution in [3.05, 3.63) is 59.9 Å². The van der Waals surface area contributed by atoms with E-state index >= 15 is 0 Å². The van der Waals surface area contributed by atoms with E-state index in [0.717, 1.165) is 5.56 Å². The van der Waals surface area contributed by atoms with Crippen LogP contribution in [0, 0.1) is 5.92 Å². The monoisotopic (exact) mass is 326 g/mol. The van der Waals surface area contributed by atoms with Crippen molar-refractivity contribution in [3.63, 3.8) is 0 Å². The summed E-state index contributed by atoms with van der Waals surface area (Å²) < 4.78 is 0. The smallest absolute Gasteiger partial charge is 0.257 e. The van der Waals surface area contributed by atoms with Crippen molar-refractivity contribution in [2.75, 3.05) is 5.32 Å². The largest absolute Gasteiger partial charge is 0.352 e. The van der Waals surface area contributed by atoms with Gasteiger partial charge < -0.3 is 16.4 Å². The highest BCUT2D eigenvalue weighted by Crippen LogP contribution is 2.11. The van der Waals surface area contributed by atoms with Gasteiger partial charge in [-0.2, -0.15) is 0 Å². The van der Waals surface area contributed by atoms with E-state index in [0.29, 0.717) is 17.8 Å². The number of rotatable bonds is 6. The van der Waals surface area contributed by atoms with E-state index in [1.54, 1.807) is 37.4 Å². The van der Waals surface area contributed by atoms with Gasteiger partial charge in [0, 0.05) is 36.6 Å². The molecule has 6 nitrogen and oxygen atoms in total. The van der Waals surface area contributed by atoms with Crippen molar-refractivity contribution >= 4 is 17.5 Å². The third kappa shape index (κ3) is 4.89. The topological polar surface area (TPSA) is 97.1 Å². The fourth-order valence-electron chi connectivity index (χ4n) is 2.00. The molecule has 2 unspecified atom stereocenters. The summed E-state index contributed by atoms with van der Waals surface area (Å²) in [6.07, 6.45) is 3.13. The molecule has 0 aliphatic heterocycles. The zero-order valence-corrected chi connectivity index (χ0v) is 13.8. The molecule has 1 aromatic carbocycles. The second-order valence-electron chi connectivity index (χ2n) is 5.76. The average Bonchev–Trinajstić information content (AvgIpc) is 2.60. The lowest BCUT2D eigenvalue weighted by Gasteiger charge is -2.15. The highest BCUT2D eigenvalue weighted by molar-refractivity contribution is 6.03. The molecule has 126 valence electrons. The summed E-state index contributed by atoms with van der Waals surface area (Å²) in [4.78, 5) is 27.8. The number of pyridine rings is 1. The maximum absolute atomic E-state index is 12.0. The normalized spacial score (nSPS) is 13.0. The minimum atomic E-state index is -0.233. The van der Waals surface area contributed by atoms with Gasteiger partial charge in [0.25, 0.3) is 5.91 Å². The summed E-state index contributed by atoms with van der Waals surface area (Å²) >= 11 is 0. The molecule has 6 heteroatoms. The molecule has 4 N–H and O–H groups in total. The minimum Gasteiger partial charge on any atom is -0.352 e. The number of nitrogens with two attached hydrogens (primary N) is 1. The molecule has 0 fully saturated rings. The first-order valence-corrected chi connectivity index (χ1v) is 7.81. The predicted octanol–water partition coefficient (Wildman–Crippen LogP) is 1.93. The van der Waals surface area contributed by atoms with Crippen LogP contribution in [0.5, 0.6) is 0 Å². The number of aromatic nitrogens is 1. The number of carbonyl (C=O) groups is 2. The van der Waals surface area contributed by atoms with Gasteiger partial charge in [-0.05, 0) is 36.8 Å². The van der Waals surface area contributed by atoms with E-state index in [2.05, 4.69) is 15.6 Å². The molecule has 1 heterocycles. The van der Waals surface area contributed by atoms with Crippen molar-refractivity contribution in [1.82, 2.24) is 10.3 Å². The molecule has 0 saturated carbocycles. The lowest BCUT2D eigenvalue weighted by Crippen LogP contribution is -2.38. The SMILES string of the molecule is CC(N)C(C)C(=O)NCc1ccc(NC(=O)c2cccnc2)cc1. The maximum atomic E-state index is 12.0. The van der Waals surface area contributed by atoms with Crippen LogP contribution < -0.4 is 16.4 Å². The van der Waals surface area contributed by atoms with E-state index in [1.165, 1.54) is 6.20 Å². The number of amides is 2. The van der Waals surface area contributed by atoms with Gasteiger partial charge >= 0.3 is 0 Å². The molecule has 2 amide bonds. The molecule has 0 bridgehead atoms. The van der Waals surface area contributed by atoms with Crippen LogP contribution in [-0.4, -0.2) is 22.8 Å². The van der Waals surface area contributed by atoms with Crippen molar-refractivity contribution in [3.8, 4) is 0 Å². The Morgan fingerprint density at radius 1 is 1.17 bits per heavy atom. The Labute approximate surface area is 141 Å². The van der Waals surface area contributed by atoms with Gasteiger partial charge in [-0.25, -0.2) is 0 Å². The first-order valence-electron chi connectivity index (χ1n) is 7.81. The first-order chi connectivity index (χ1) is 11.5. The molecule has 0 spiro atoms. The predicted molar refractivity (Wildman–Crippen MR) is 93.3 cm³/mol. The summed E-state index contributed by atoms with van der Waals surface area (Å²) in [5.74, 6) is -0.517. The zero-order valence-electron chi connectivity index (χ0n) is 13.8. The molecule has 2 rings (SSSR count). The Morgan fingerprint density at radius 2 is 1.88 bits per heavy atom. The molecule has 2 atom stereocenters. The molecule has 24 heavy (non-hydrogen) atoms. The molecule has 0 aliphatic carbocycles. The Bertz CT molecular complexity index is 684. The molecular formula is C18H22N4O2. The summed E-state index contributed by atoms with van der Waals surface area (Å²) in [7, 11) is 0. The van der Waals surface area contributed by atoms with Gasteiger partial charge in [0.2, 0.25) is 5.91 Å². The van der Waals surface area contributed by atoms with E-state index in [4.69, 9.17) is 5.73 Å². The average molecular weight is 326 g/mol. The number of benzene rings is 1. The van der Waals surface area contributed by atoms with Crippen LogP contribution in [0.4, 0.5) is 5.69 Å². The Balaban J connectivity index is 1.89. The Morgan fingerprint density at radius 3 is 2.46 bits per heavy atom. The van der Waals surface area contributed by atoms with Gasteiger partial charge in [0.05, 0.1) is 5.56 Å². The molecule has 0 aliphatic rings. The summed E-state index contributed by atoms with van der Waals surface area (Å²) in [5, 5.41) is 5.65. The number of nitrogens with zero attached hydrogens (tertiary/aromatic N) is 1. The second kappa shape index (κ2) is 8.21. The summed E-state index contributed by atoms with van der Waals surface area (Å²) in [5.41, 5.74) is 7.84. The lowest BCUT2D eigenvalue weighted by atomic mass is 10.0. The standard InChI is InChI=1S/C18H22N4O2/c1-12(13(2)19)17(23)21-10-14-5-7-16(8-6-14)22-18(24)15-4-3-9-20-11-15/h3-9,11-13H,10,19H2,1-2H3,(H,21,23)(H,22,24). The number of nitrogens with one attached hydrogen (secondary N) is 2. The van der Waals surface area contributed by atoms with Gasteiger partial charge in [0.15, 0.2) is 0 Å². The number of hydrogen-bond acceptors (Lipinski definition) is 4. The summed E-state index contributed by atoms with van der Waals surface area (Å²) in [6, 6.07) is 10.5. The zero-order chi connectivity index (χ0) is 17.5. The lowest BCUT2D eigenvalue weighted by molar-refractivity contribution is -0.125. The van der Waals surface area contributed by atoms with Crippen LogP contribution in [0.25, 0.3) is 0 Å². The first kappa shape index (κ1) is 17.6. The third-order valence-corrected chi connectivity index (χ3v) is 3.80. The highest BCUT2D eigenvalue weighted by Gasteiger charge is 2.16. The van der Waals surface area contributed by atoms with Crippen molar-refractivity contribution in [2.45, 2.75) is 26.4 Å². The summed E-state index contributed by atoms with van der Waals surface area (Å²) in [6.45, 7) is 4.04. The van der Waals surface area contributed by atoms with E-state index in [9.17, 15) is 9.59 Å². The van der Waals surface area contributed by atoms with Gasteiger partial charge in [-0.3, -0.25) is 14.6 Å². The third-order valence-electron chi connectivity index (χ3n) is 3.80. The molecule has 1 aromatic heterocycles. The van der Waals surface area contributed by atoms with Crippen LogP contribution in [0.2, 0.25) is 0 Å². The Hall–Kier alpha value is -2.73. The highest BCUT2D eigenvalue weighted by atomic mass is 16.2. The number of hydrogen-bond donors (Lipinski definition) is 3. The van der Waals surface area contributed by atoms with Gasteiger partial charge in [0.1, 0.15) is 0 Å². The van der Waals surface area contributed by atoms with Crippen molar-refractivity contribution in [1.29, 1.82) is 0 Å². The van der Waals surface area contributed by atoms with Gasteiger partial charge in [-0.15, -0.1) is 0 Å². The number of anilines is 1. The van der Waals surface area contributed by atoms with Crippen LogP contribution in [0.3, 0.4) is 0 Å². The van der Waals surface area contributed by atoms with Crippen LogP contribution in [-0.2, 0) is 11.3 Å². The Kier molecular flexibility index (Phi) is 6.03. The maximum Gasteiger partial charge on any atom is 0.257 e. The van der Waals surface area contributed by atoms with E-state index in [1.807, 2.05) is 19.1 Å². The van der Waals surface area contributed by atoms with Crippen molar-refractivity contribution < 1.29 is 9.59 Å². The van der Waals surface area contributed by atoms with Crippen LogP contribution in [0.15, 0.2) is 48.8 Å².